The Morgan fingerprint density at radius 3 is 2.46 bits per heavy atom. The molecular weight excluding hydrogens is 362 g/mol. The summed E-state index contributed by atoms with van der Waals surface area (Å²) in [5.74, 6) is -2.39. The van der Waals surface area contributed by atoms with E-state index < -0.39 is 23.0 Å². The summed E-state index contributed by atoms with van der Waals surface area (Å²) in [5.41, 5.74) is 0.729. The first kappa shape index (κ1) is 18.1. The maximum absolute atomic E-state index is 13.3. The summed E-state index contributed by atoms with van der Waals surface area (Å²) in [5, 5.41) is 3.24. The van der Waals surface area contributed by atoms with Gasteiger partial charge in [-0.1, -0.05) is 11.6 Å². The van der Waals surface area contributed by atoms with Gasteiger partial charge in [-0.2, -0.15) is 0 Å². The Labute approximate surface area is 153 Å². The molecule has 0 aliphatic heterocycles. The summed E-state index contributed by atoms with van der Waals surface area (Å²) in [4.78, 5) is 25.3. The van der Waals surface area contributed by atoms with E-state index >= 15 is 0 Å². The van der Waals surface area contributed by atoms with E-state index in [-0.39, 0.29) is 11.3 Å². The average molecular weight is 377 g/mol. The molecule has 1 N–H and O–H groups in total. The van der Waals surface area contributed by atoms with Crippen LogP contribution in [0.4, 0.5) is 14.5 Å². The van der Waals surface area contributed by atoms with Gasteiger partial charge in [0.1, 0.15) is 17.2 Å². The molecule has 1 amide bonds. The van der Waals surface area contributed by atoms with E-state index in [2.05, 4.69) is 5.32 Å². The molecule has 0 unspecified atom stereocenters. The number of anilines is 1. The number of halogens is 3. The van der Waals surface area contributed by atoms with Crippen LogP contribution >= 0.6 is 11.6 Å². The Hall–Kier alpha value is -2.73. The summed E-state index contributed by atoms with van der Waals surface area (Å²) < 4.78 is 28.3. The minimum absolute atomic E-state index is 0.0673. The molecule has 2 aromatic carbocycles. The van der Waals surface area contributed by atoms with Crippen molar-refractivity contribution in [1.82, 2.24) is 4.57 Å². The number of nitrogens with one attached hydrogen (secondary N) is 1. The normalized spacial score (nSPS) is 11.0. The number of carbonyl (C=O) groups is 1. The van der Waals surface area contributed by atoms with Crippen LogP contribution in [0.5, 0.6) is 0 Å². The number of hydrogen-bond acceptors (Lipinski definition) is 2. The minimum atomic E-state index is -0.824. The maximum atomic E-state index is 13.3. The SMILES string of the molecule is CCn1cc(C(=O)Nc2cc(F)cc(F)c2)c(=O)c2ccc(Cl)c(C)c21. The molecular formula is C19H15ClF2N2O2. The zero-order valence-electron chi connectivity index (χ0n) is 14.1. The van der Waals surface area contributed by atoms with Gasteiger partial charge in [0.25, 0.3) is 5.91 Å². The Balaban J connectivity index is 2.13. The molecule has 1 heterocycles. The van der Waals surface area contributed by atoms with Crippen molar-refractivity contribution in [3.8, 4) is 0 Å². The van der Waals surface area contributed by atoms with Crippen LogP contribution in [-0.4, -0.2) is 10.5 Å². The van der Waals surface area contributed by atoms with Gasteiger partial charge in [-0.15, -0.1) is 0 Å². The molecule has 3 aromatic rings. The zero-order chi connectivity index (χ0) is 19.0. The van der Waals surface area contributed by atoms with Gasteiger partial charge < -0.3 is 9.88 Å². The Morgan fingerprint density at radius 2 is 1.85 bits per heavy atom. The number of aryl methyl sites for hydroxylation is 2. The van der Waals surface area contributed by atoms with Crippen molar-refractivity contribution in [2.45, 2.75) is 20.4 Å². The highest BCUT2D eigenvalue weighted by atomic mass is 35.5. The molecule has 26 heavy (non-hydrogen) atoms. The lowest BCUT2D eigenvalue weighted by atomic mass is 10.1. The monoisotopic (exact) mass is 376 g/mol. The second kappa shape index (κ2) is 6.88. The number of nitrogens with zero attached hydrogens (tertiary/aromatic N) is 1. The van der Waals surface area contributed by atoms with Gasteiger partial charge in [0.15, 0.2) is 0 Å². The lowest BCUT2D eigenvalue weighted by Gasteiger charge is -2.14. The third-order valence-corrected chi connectivity index (χ3v) is 4.54. The number of carbonyl (C=O) groups excluding carboxylic acids is 1. The molecule has 0 spiro atoms. The van der Waals surface area contributed by atoms with Crippen LogP contribution in [0.25, 0.3) is 10.9 Å². The number of hydrogen-bond donors (Lipinski definition) is 1. The van der Waals surface area contributed by atoms with Crippen molar-refractivity contribution in [3.63, 3.8) is 0 Å². The molecule has 0 bridgehead atoms. The minimum Gasteiger partial charge on any atom is -0.346 e. The van der Waals surface area contributed by atoms with Gasteiger partial charge in [0.05, 0.1) is 5.52 Å². The smallest absolute Gasteiger partial charge is 0.261 e. The Morgan fingerprint density at radius 1 is 1.19 bits per heavy atom. The lowest BCUT2D eigenvalue weighted by Crippen LogP contribution is -2.24. The highest BCUT2D eigenvalue weighted by Crippen LogP contribution is 2.24. The van der Waals surface area contributed by atoms with Crippen LogP contribution in [0.2, 0.25) is 5.02 Å². The van der Waals surface area contributed by atoms with Crippen LogP contribution < -0.4 is 10.7 Å². The van der Waals surface area contributed by atoms with Gasteiger partial charge in [-0.25, -0.2) is 8.78 Å². The van der Waals surface area contributed by atoms with Gasteiger partial charge in [-0.3, -0.25) is 9.59 Å². The fourth-order valence-electron chi connectivity index (χ4n) is 2.89. The highest BCUT2D eigenvalue weighted by molar-refractivity contribution is 6.32. The molecule has 0 fully saturated rings. The van der Waals surface area contributed by atoms with Crippen LogP contribution in [-0.2, 0) is 6.54 Å². The van der Waals surface area contributed by atoms with Crippen LogP contribution in [0.3, 0.4) is 0 Å². The van der Waals surface area contributed by atoms with Gasteiger partial charge in [-0.05, 0) is 43.7 Å². The molecule has 0 saturated heterocycles. The van der Waals surface area contributed by atoms with E-state index in [4.69, 9.17) is 11.6 Å². The molecule has 0 radical (unpaired) electrons. The van der Waals surface area contributed by atoms with Gasteiger partial charge in [0, 0.05) is 34.9 Å². The number of aromatic nitrogens is 1. The van der Waals surface area contributed by atoms with E-state index in [0.29, 0.717) is 28.5 Å². The van der Waals surface area contributed by atoms with Crippen molar-refractivity contribution in [3.05, 3.63) is 74.5 Å². The number of amides is 1. The van der Waals surface area contributed by atoms with E-state index in [9.17, 15) is 18.4 Å². The largest absolute Gasteiger partial charge is 0.346 e. The third kappa shape index (κ3) is 3.20. The van der Waals surface area contributed by atoms with Crippen molar-refractivity contribution in [2.75, 3.05) is 5.32 Å². The first-order valence-electron chi connectivity index (χ1n) is 7.91. The number of rotatable bonds is 3. The van der Waals surface area contributed by atoms with Gasteiger partial charge >= 0.3 is 0 Å². The van der Waals surface area contributed by atoms with E-state index in [1.54, 1.807) is 23.6 Å². The summed E-state index contributed by atoms with van der Waals surface area (Å²) >= 11 is 6.14. The van der Waals surface area contributed by atoms with Crippen molar-refractivity contribution in [2.24, 2.45) is 0 Å². The first-order valence-corrected chi connectivity index (χ1v) is 8.29. The molecule has 0 atom stereocenters. The lowest BCUT2D eigenvalue weighted by molar-refractivity contribution is 0.102. The van der Waals surface area contributed by atoms with Crippen LogP contribution in [0, 0.1) is 18.6 Å². The van der Waals surface area contributed by atoms with Crippen LogP contribution in [0.15, 0.2) is 41.3 Å². The van der Waals surface area contributed by atoms with E-state index in [1.165, 1.54) is 6.20 Å². The fraction of sp³-hybridized carbons (Fsp3) is 0.158. The Bertz CT molecular complexity index is 1070. The van der Waals surface area contributed by atoms with Crippen molar-refractivity contribution < 1.29 is 13.6 Å². The quantitative estimate of drug-likeness (QED) is 0.731. The van der Waals surface area contributed by atoms with Crippen molar-refractivity contribution in [1.29, 1.82) is 0 Å². The van der Waals surface area contributed by atoms with Crippen molar-refractivity contribution >= 4 is 34.1 Å². The average Bonchev–Trinajstić information content (AvgIpc) is 2.57. The number of pyridine rings is 1. The predicted molar refractivity (Wildman–Crippen MR) is 97.9 cm³/mol. The molecule has 3 rings (SSSR count). The second-order valence-electron chi connectivity index (χ2n) is 5.84. The van der Waals surface area contributed by atoms with Gasteiger partial charge in [0.2, 0.25) is 5.43 Å². The molecule has 4 nitrogen and oxygen atoms in total. The molecule has 0 aliphatic rings. The summed E-state index contributed by atoms with van der Waals surface area (Å²) in [6, 6.07) is 5.82. The van der Waals surface area contributed by atoms with E-state index in [0.717, 1.165) is 17.7 Å². The first-order chi connectivity index (χ1) is 12.3. The van der Waals surface area contributed by atoms with E-state index in [1.807, 2.05) is 6.92 Å². The molecule has 0 aliphatic carbocycles. The molecule has 134 valence electrons. The summed E-state index contributed by atoms with van der Waals surface area (Å²) in [6.07, 6.45) is 1.43. The zero-order valence-corrected chi connectivity index (χ0v) is 14.8. The highest BCUT2D eigenvalue weighted by Gasteiger charge is 2.17. The maximum Gasteiger partial charge on any atom is 0.261 e. The summed E-state index contributed by atoms with van der Waals surface area (Å²) in [7, 11) is 0. The molecule has 7 heteroatoms. The molecule has 0 saturated carbocycles. The number of fused-ring (bicyclic) bond motifs is 1. The topological polar surface area (TPSA) is 51.1 Å². The summed E-state index contributed by atoms with van der Waals surface area (Å²) in [6.45, 7) is 4.17. The van der Waals surface area contributed by atoms with Crippen LogP contribution in [0.1, 0.15) is 22.8 Å². The fourth-order valence-corrected chi connectivity index (χ4v) is 3.04. The second-order valence-corrected chi connectivity index (χ2v) is 6.25. The Kier molecular flexibility index (Phi) is 4.78. The molecule has 1 aromatic heterocycles. The predicted octanol–water partition coefficient (Wildman–Crippen LogP) is 4.51. The number of benzene rings is 2. The standard InChI is InChI=1S/C19H15ClF2N2O2/c1-3-24-9-15(18(25)14-4-5-16(20)10(2)17(14)24)19(26)23-13-7-11(21)6-12(22)8-13/h4-9H,3H2,1-2H3,(H,23,26). The third-order valence-electron chi connectivity index (χ3n) is 4.13.